The van der Waals surface area contributed by atoms with Crippen molar-refractivity contribution >= 4 is 22.0 Å². The first-order valence-electron chi connectivity index (χ1n) is 12.2. The normalized spacial score (nSPS) is 17.7. The van der Waals surface area contributed by atoms with Gasteiger partial charge in [-0.3, -0.25) is 0 Å². The number of rotatable bonds is 9. The van der Waals surface area contributed by atoms with Crippen LogP contribution in [0.4, 0.5) is 5.69 Å². The van der Waals surface area contributed by atoms with E-state index in [2.05, 4.69) is 111 Å². The van der Waals surface area contributed by atoms with Gasteiger partial charge in [-0.1, -0.05) is 74.6 Å². The van der Waals surface area contributed by atoms with Crippen LogP contribution < -0.4 is 5.32 Å². The Bertz CT molecular complexity index is 1150. The largest absolute Gasteiger partial charge is 0.380 e. The Morgan fingerprint density at radius 1 is 1.21 bits per heavy atom. The average Bonchev–Trinajstić information content (AvgIpc) is 2.84. The van der Waals surface area contributed by atoms with Crippen molar-refractivity contribution in [2.75, 3.05) is 39.0 Å². The number of hydrogen-bond donors (Lipinski definition) is 1. The van der Waals surface area contributed by atoms with E-state index in [1.807, 2.05) is 0 Å². The highest BCUT2D eigenvalue weighted by Crippen LogP contribution is 2.31. The summed E-state index contributed by atoms with van der Waals surface area (Å²) in [7, 11) is 4.27. The van der Waals surface area contributed by atoms with Gasteiger partial charge in [-0.05, 0) is 53.8 Å². The van der Waals surface area contributed by atoms with Gasteiger partial charge < -0.3 is 5.32 Å². The van der Waals surface area contributed by atoms with Crippen LogP contribution >= 0.6 is 0 Å². The second kappa shape index (κ2) is 11.8. The Balaban J connectivity index is 1.83. The van der Waals surface area contributed by atoms with Gasteiger partial charge in [0.15, 0.2) is 0 Å². The number of anilines is 1. The summed E-state index contributed by atoms with van der Waals surface area (Å²) in [6.45, 7) is 15.0. The lowest BCUT2D eigenvalue weighted by Gasteiger charge is -2.37. The van der Waals surface area contributed by atoms with Crippen LogP contribution in [0.1, 0.15) is 37.8 Å². The molecule has 0 aromatic heterocycles. The molecule has 4 heteroatoms. The number of hydrogen-bond acceptors (Lipinski definition) is 4. The van der Waals surface area contributed by atoms with E-state index in [1.54, 1.807) is 0 Å². The van der Waals surface area contributed by atoms with Gasteiger partial charge in [-0.15, -0.1) is 0 Å². The van der Waals surface area contributed by atoms with Crippen molar-refractivity contribution in [3.05, 3.63) is 84.0 Å². The fourth-order valence-corrected chi connectivity index (χ4v) is 4.45. The molecular formula is C30H38N4. The maximum absolute atomic E-state index is 9.13. The molecule has 34 heavy (non-hydrogen) atoms. The van der Waals surface area contributed by atoms with Crippen molar-refractivity contribution in [2.45, 2.75) is 33.1 Å². The van der Waals surface area contributed by atoms with Crippen molar-refractivity contribution in [2.24, 2.45) is 5.92 Å². The second-order valence-electron chi connectivity index (χ2n) is 9.35. The molecule has 0 saturated carbocycles. The van der Waals surface area contributed by atoms with Crippen LogP contribution in [0.15, 0.2) is 72.9 Å². The first-order chi connectivity index (χ1) is 16.3. The number of benzene rings is 2. The van der Waals surface area contributed by atoms with Crippen LogP contribution in [-0.2, 0) is 6.42 Å². The molecule has 4 nitrogen and oxygen atoms in total. The molecule has 1 unspecified atom stereocenters. The third kappa shape index (κ3) is 6.26. The number of nitrogens with zero attached hydrogens (tertiary/aromatic N) is 3. The number of hydrazine groups is 1. The Kier molecular flexibility index (Phi) is 8.87. The molecule has 0 aliphatic carbocycles. The van der Waals surface area contributed by atoms with Crippen LogP contribution in [0.5, 0.6) is 0 Å². The lowest BCUT2D eigenvalue weighted by Crippen LogP contribution is -2.45. The first kappa shape index (κ1) is 25.5. The molecule has 1 saturated heterocycles. The van der Waals surface area contributed by atoms with Crippen molar-refractivity contribution in [3.8, 4) is 6.07 Å². The summed E-state index contributed by atoms with van der Waals surface area (Å²) in [5.41, 5.74) is 6.51. The highest BCUT2D eigenvalue weighted by atomic mass is 15.6. The molecule has 0 spiro atoms. The number of nitriles is 1. The fourth-order valence-electron chi connectivity index (χ4n) is 4.45. The van der Waals surface area contributed by atoms with Crippen molar-refractivity contribution in [1.82, 2.24) is 10.0 Å². The first-order valence-corrected chi connectivity index (χ1v) is 12.2. The number of aryl methyl sites for hydroxylation is 1. The SMILES string of the molecule is C=C(C#N)CNc1c(CCC)ccc2ccc(/C(C)=C/C=C\C(=C)C3CCN(C)N(C)C3)cc12. The van der Waals surface area contributed by atoms with Gasteiger partial charge in [-0.2, -0.15) is 5.26 Å². The Morgan fingerprint density at radius 3 is 2.68 bits per heavy atom. The maximum atomic E-state index is 9.13. The highest BCUT2D eigenvalue weighted by Gasteiger charge is 2.21. The molecule has 1 atom stereocenters. The van der Waals surface area contributed by atoms with Crippen molar-refractivity contribution in [1.29, 1.82) is 5.26 Å². The standard InChI is InChI=1S/C30H38N4/c1-7-9-26-14-12-25-13-15-27(18-29(25)30(26)32-20-22(2)19-31)23(3)10-8-11-24(4)28-16-17-33(5)34(6)21-28/h8,10-15,18,28,32H,2,4,7,9,16-17,20-21H2,1,3,5-6H3/b11-8-,23-10+. The molecular weight excluding hydrogens is 416 g/mol. The third-order valence-corrected chi connectivity index (χ3v) is 6.77. The predicted molar refractivity (Wildman–Crippen MR) is 146 cm³/mol. The van der Waals surface area contributed by atoms with Gasteiger partial charge in [-0.25, -0.2) is 10.0 Å². The van der Waals surface area contributed by atoms with Gasteiger partial charge in [0.2, 0.25) is 0 Å². The lowest BCUT2D eigenvalue weighted by molar-refractivity contribution is -0.0180. The molecule has 0 radical (unpaired) electrons. The molecule has 2 aromatic carbocycles. The summed E-state index contributed by atoms with van der Waals surface area (Å²) in [4.78, 5) is 0. The van der Waals surface area contributed by atoms with Crippen molar-refractivity contribution in [3.63, 3.8) is 0 Å². The summed E-state index contributed by atoms with van der Waals surface area (Å²) in [6, 6.07) is 13.1. The summed E-state index contributed by atoms with van der Waals surface area (Å²) in [6.07, 6.45) is 9.67. The molecule has 1 aliphatic heterocycles. The van der Waals surface area contributed by atoms with E-state index in [9.17, 15) is 0 Å². The van der Waals surface area contributed by atoms with Crippen LogP contribution in [0.3, 0.4) is 0 Å². The van der Waals surface area contributed by atoms with Crippen molar-refractivity contribution < 1.29 is 0 Å². The highest BCUT2D eigenvalue weighted by molar-refractivity contribution is 5.97. The predicted octanol–water partition coefficient (Wildman–Crippen LogP) is 6.60. The zero-order chi connectivity index (χ0) is 24.7. The maximum Gasteiger partial charge on any atom is 0.0959 e. The Hall–Kier alpha value is -3.13. The molecule has 0 bridgehead atoms. The Morgan fingerprint density at radius 2 is 1.97 bits per heavy atom. The van der Waals surface area contributed by atoms with Crippen LogP contribution in [0.25, 0.3) is 16.3 Å². The quantitative estimate of drug-likeness (QED) is 0.342. The molecule has 1 N–H and O–H groups in total. The van der Waals surface area contributed by atoms with Crippen LogP contribution in [0.2, 0.25) is 0 Å². The number of fused-ring (bicyclic) bond motifs is 1. The molecule has 1 fully saturated rings. The molecule has 0 amide bonds. The van der Waals surface area contributed by atoms with E-state index in [1.165, 1.54) is 33.0 Å². The van der Waals surface area contributed by atoms with E-state index < -0.39 is 0 Å². The molecule has 1 heterocycles. The van der Waals surface area contributed by atoms with Crippen LogP contribution in [-0.4, -0.2) is 43.7 Å². The zero-order valence-corrected chi connectivity index (χ0v) is 21.2. The minimum atomic E-state index is 0.461. The second-order valence-corrected chi connectivity index (χ2v) is 9.35. The Labute approximate surface area is 205 Å². The summed E-state index contributed by atoms with van der Waals surface area (Å²) in [5, 5.41) is 19.5. The smallest absolute Gasteiger partial charge is 0.0959 e. The molecule has 178 valence electrons. The average molecular weight is 455 g/mol. The minimum absolute atomic E-state index is 0.461. The number of allylic oxidation sites excluding steroid dienone is 4. The fraction of sp³-hybridized carbons (Fsp3) is 0.367. The van der Waals surface area contributed by atoms with Gasteiger partial charge >= 0.3 is 0 Å². The topological polar surface area (TPSA) is 42.3 Å². The minimum Gasteiger partial charge on any atom is -0.380 e. The number of nitrogens with one attached hydrogen (secondary N) is 1. The van der Waals surface area contributed by atoms with Gasteiger partial charge in [0.05, 0.1) is 6.07 Å². The van der Waals surface area contributed by atoms with E-state index in [-0.39, 0.29) is 0 Å². The van der Waals surface area contributed by atoms with E-state index in [4.69, 9.17) is 5.26 Å². The monoisotopic (exact) mass is 454 g/mol. The van der Waals surface area contributed by atoms with Gasteiger partial charge in [0.1, 0.15) is 0 Å². The third-order valence-electron chi connectivity index (χ3n) is 6.77. The van der Waals surface area contributed by atoms with Gasteiger partial charge in [0.25, 0.3) is 0 Å². The van der Waals surface area contributed by atoms with Gasteiger partial charge in [0, 0.05) is 50.4 Å². The van der Waals surface area contributed by atoms with E-state index in [0.717, 1.165) is 38.0 Å². The molecule has 2 aromatic rings. The summed E-state index contributed by atoms with van der Waals surface area (Å²) in [5.74, 6) is 0.501. The lowest BCUT2D eigenvalue weighted by atomic mass is 9.94. The zero-order valence-electron chi connectivity index (χ0n) is 21.2. The summed E-state index contributed by atoms with van der Waals surface area (Å²) < 4.78 is 0. The van der Waals surface area contributed by atoms with Crippen LogP contribution in [0, 0.1) is 17.2 Å². The summed E-state index contributed by atoms with van der Waals surface area (Å²) >= 11 is 0. The van der Waals surface area contributed by atoms with E-state index in [0.29, 0.717) is 18.0 Å². The molecule has 3 rings (SSSR count). The molecule has 1 aliphatic rings. The van der Waals surface area contributed by atoms with E-state index >= 15 is 0 Å².